The lowest BCUT2D eigenvalue weighted by Gasteiger charge is -2.06. The van der Waals surface area contributed by atoms with Crippen LogP contribution >= 0.6 is 23.4 Å². The SMILES string of the molecule is O=[C]N(Cl)c1ccccc1Cl. The molecule has 0 N–H and O–H groups in total. The van der Waals surface area contributed by atoms with E-state index in [1.807, 2.05) is 0 Å². The minimum absolute atomic E-state index is 0.422. The summed E-state index contributed by atoms with van der Waals surface area (Å²) in [4.78, 5) is 10.1. The molecule has 0 aliphatic heterocycles. The quantitative estimate of drug-likeness (QED) is 0.516. The molecule has 2 nitrogen and oxygen atoms in total. The highest BCUT2D eigenvalue weighted by Crippen LogP contribution is 2.24. The van der Waals surface area contributed by atoms with Gasteiger partial charge in [-0.25, -0.2) is 4.42 Å². The van der Waals surface area contributed by atoms with E-state index in [4.69, 9.17) is 23.4 Å². The number of hydrogen-bond acceptors (Lipinski definition) is 1. The van der Waals surface area contributed by atoms with Crippen LogP contribution in [0.25, 0.3) is 0 Å². The van der Waals surface area contributed by atoms with Crippen LogP contribution in [-0.4, -0.2) is 6.41 Å². The van der Waals surface area contributed by atoms with E-state index in [2.05, 4.69) is 0 Å². The largest absolute Gasteiger partial charge is 0.332 e. The number of benzene rings is 1. The summed E-state index contributed by atoms with van der Waals surface area (Å²) in [5.74, 6) is 0. The van der Waals surface area contributed by atoms with Gasteiger partial charge in [0, 0.05) is 11.8 Å². The molecule has 0 aromatic heterocycles. The lowest BCUT2D eigenvalue weighted by atomic mass is 10.3. The Morgan fingerprint density at radius 1 is 1.36 bits per heavy atom. The van der Waals surface area contributed by atoms with Crippen LogP contribution < -0.4 is 4.42 Å². The maximum atomic E-state index is 10.1. The van der Waals surface area contributed by atoms with Crippen LogP contribution in [0.15, 0.2) is 24.3 Å². The number of rotatable bonds is 2. The lowest BCUT2D eigenvalue weighted by molar-refractivity contribution is 0.558. The van der Waals surface area contributed by atoms with Gasteiger partial charge in [-0.3, -0.25) is 4.79 Å². The monoisotopic (exact) mass is 188 g/mol. The van der Waals surface area contributed by atoms with Gasteiger partial charge in [0.05, 0.1) is 10.7 Å². The molecule has 0 heterocycles. The van der Waals surface area contributed by atoms with E-state index in [0.29, 0.717) is 10.7 Å². The van der Waals surface area contributed by atoms with Crippen LogP contribution in [0.1, 0.15) is 0 Å². The molecule has 1 aromatic carbocycles. The first-order chi connectivity index (χ1) is 5.25. The van der Waals surface area contributed by atoms with Crippen molar-refractivity contribution in [3.8, 4) is 0 Å². The predicted octanol–water partition coefficient (Wildman–Crippen LogP) is 2.37. The number of anilines is 1. The van der Waals surface area contributed by atoms with E-state index < -0.39 is 0 Å². The minimum atomic E-state index is 0.422. The van der Waals surface area contributed by atoms with E-state index in [-0.39, 0.29) is 0 Å². The molecule has 0 saturated heterocycles. The van der Waals surface area contributed by atoms with Gasteiger partial charge < -0.3 is 0 Å². The molecule has 0 bridgehead atoms. The van der Waals surface area contributed by atoms with Gasteiger partial charge in [-0.15, -0.1) is 0 Å². The fraction of sp³-hybridized carbons (Fsp3) is 0. The third kappa shape index (κ3) is 1.85. The molecule has 0 atom stereocenters. The highest BCUT2D eigenvalue weighted by atomic mass is 35.5. The number of amides is 1. The standard InChI is InChI=1S/C7H4Cl2NO/c8-6-3-1-2-4-7(6)10(9)5-11/h1-4H. The van der Waals surface area contributed by atoms with E-state index in [1.165, 1.54) is 6.41 Å². The summed E-state index contributed by atoms with van der Waals surface area (Å²) >= 11 is 11.1. The van der Waals surface area contributed by atoms with Crippen molar-refractivity contribution < 1.29 is 4.79 Å². The molecule has 1 aromatic rings. The van der Waals surface area contributed by atoms with Gasteiger partial charge in [-0.2, -0.15) is 0 Å². The van der Waals surface area contributed by atoms with Gasteiger partial charge in [-0.05, 0) is 12.1 Å². The zero-order valence-corrected chi connectivity index (χ0v) is 6.93. The maximum absolute atomic E-state index is 10.1. The first kappa shape index (κ1) is 8.37. The second-order valence-electron chi connectivity index (χ2n) is 1.82. The molecule has 1 rings (SSSR count). The summed E-state index contributed by atoms with van der Waals surface area (Å²) in [6.07, 6.45) is 1.49. The molecular weight excluding hydrogens is 185 g/mol. The van der Waals surface area contributed by atoms with Crippen LogP contribution in [0.3, 0.4) is 0 Å². The molecule has 0 unspecified atom stereocenters. The number of para-hydroxylation sites is 1. The van der Waals surface area contributed by atoms with Crippen molar-refractivity contribution in [3.05, 3.63) is 29.3 Å². The molecule has 0 aliphatic rings. The van der Waals surface area contributed by atoms with Crippen LogP contribution in [0.4, 0.5) is 5.69 Å². The van der Waals surface area contributed by atoms with Crippen molar-refractivity contribution in [3.63, 3.8) is 0 Å². The first-order valence-electron chi connectivity index (χ1n) is 2.84. The van der Waals surface area contributed by atoms with Crippen molar-refractivity contribution in [1.82, 2.24) is 0 Å². The molecule has 0 saturated carbocycles. The Morgan fingerprint density at radius 3 is 2.55 bits per heavy atom. The summed E-state index contributed by atoms with van der Waals surface area (Å²) in [5.41, 5.74) is 0.436. The highest BCUT2D eigenvalue weighted by Gasteiger charge is 2.05. The molecule has 1 radical (unpaired) electrons. The molecule has 1 amide bonds. The third-order valence-corrected chi connectivity index (χ3v) is 1.71. The molecular formula is C7H4Cl2NO. The van der Waals surface area contributed by atoms with E-state index in [1.54, 1.807) is 24.3 Å². The topological polar surface area (TPSA) is 20.3 Å². The number of nitrogens with zero attached hydrogens (tertiary/aromatic N) is 1. The molecule has 0 aliphatic carbocycles. The van der Waals surface area contributed by atoms with E-state index in [0.717, 1.165) is 4.42 Å². The predicted molar refractivity (Wildman–Crippen MR) is 45.5 cm³/mol. The Bertz CT molecular complexity index is 264. The number of halogens is 2. The summed E-state index contributed by atoms with van der Waals surface area (Å²) in [6.45, 7) is 0. The molecule has 0 spiro atoms. The second kappa shape index (κ2) is 3.60. The summed E-state index contributed by atoms with van der Waals surface area (Å²) in [7, 11) is 0. The van der Waals surface area contributed by atoms with Crippen LogP contribution in [0.5, 0.6) is 0 Å². The fourth-order valence-electron chi connectivity index (χ4n) is 0.660. The van der Waals surface area contributed by atoms with Gasteiger partial charge in [0.2, 0.25) is 0 Å². The molecule has 0 fully saturated rings. The second-order valence-corrected chi connectivity index (χ2v) is 2.57. The van der Waals surface area contributed by atoms with Crippen molar-refractivity contribution in [2.45, 2.75) is 0 Å². The van der Waals surface area contributed by atoms with E-state index >= 15 is 0 Å². The summed E-state index contributed by atoms with van der Waals surface area (Å²) in [5, 5.41) is 0.422. The van der Waals surface area contributed by atoms with Crippen molar-refractivity contribution in [2.75, 3.05) is 4.42 Å². The highest BCUT2D eigenvalue weighted by molar-refractivity contribution is 6.39. The molecule has 4 heteroatoms. The average molecular weight is 189 g/mol. The lowest BCUT2D eigenvalue weighted by Crippen LogP contribution is -2.05. The van der Waals surface area contributed by atoms with Gasteiger partial charge >= 0.3 is 6.41 Å². The Hall–Kier alpha value is -0.730. The first-order valence-corrected chi connectivity index (χ1v) is 3.55. The fourth-order valence-corrected chi connectivity index (χ4v) is 1.07. The van der Waals surface area contributed by atoms with Gasteiger partial charge in [0.15, 0.2) is 0 Å². The van der Waals surface area contributed by atoms with Gasteiger partial charge in [-0.1, -0.05) is 23.7 Å². The van der Waals surface area contributed by atoms with Crippen molar-refractivity contribution >= 4 is 35.5 Å². The summed E-state index contributed by atoms with van der Waals surface area (Å²) in [6, 6.07) is 6.75. The maximum Gasteiger partial charge on any atom is 0.332 e. The van der Waals surface area contributed by atoms with E-state index in [9.17, 15) is 4.79 Å². The van der Waals surface area contributed by atoms with Crippen LogP contribution in [0, 0.1) is 0 Å². The normalized spacial score (nSPS) is 9.27. The van der Waals surface area contributed by atoms with Crippen molar-refractivity contribution in [1.29, 1.82) is 0 Å². The zero-order valence-electron chi connectivity index (χ0n) is 5.42. The molecule has 11 heavy (non-hydrogen) atoms. The van der Waals surface area contributed by atoms with Gasteiger partial charge in [0.1, 0.15) is 0 Å². The summed E-state index contributed by atoms with van der Waals surface area (Å²) < 4.78 is 0.780. The Kier molecular flexibility index (Phi) is 2.74. The Balaban J connectivity index is 3.02. The Labute approximate surface area is 74.4 Å². The van der Waals surface area contributed by atoms with Crippen LogP contribution in [-0.2, 0) is 4.79 Å². The minimum Gasteiger partial charge on any atom is -0.262 e. The van der Waals surface area contributed by atoms with Crippen molar-refractivity contribution in [2.24, 2.45) is 0 Å². The zero-order chi connectivity index (χ0) is 8.27. The molecule has 57 valence electrons. The van der Waals surface area contributed by atoms with Gasteiger partial charge in [0.25, 0.3) is 0 Å². The number of carbonyl (C=O) groups excluding carboxylic acids is 1. The Morgan fingerprint density at radius 2 is 2.00 bits per heavy atom. The van der Waals surface area contributed by atoms with Crippen LogP contribution in [0.2, 0.25) is 5.02 Å². The average Bonchev–Trinajstić information content (AvgIpc) is 2.04. The number of hydrogen-bond donors (Lipinski definition) is 0. The third-order valence-electron chi connectivity index (χ3n) is 1.14. The smallest absolute Gasteiger partial charge is 0.262 e.